The Bertz CT molecular complexity index is 1740. The summed E-state index contributed by atoms with van der Waals surface area (Å²) in [5.41, 5.74) is 5.56. The first kappa shape index (κ1) is 16.1. The van der Waals surface area contributed by atoms with E-state index < -0.39 is 0 Å². The molecule has 30 heavy (non-hydrogen) atoms. The van der Waals surface area contributed by atoms with Crippen LogP contribution in [0, 0.1) is 0 Å². The zero-order valence-electron chi connectivity index (χ0n) is 16.0. The number of para-hydroxylation sites is 2. The lowest BCUT2D eigenvalue weighted by Crippen LogP contribution is -1.97. The molecule has 2 nitrogen and oxygen atoms in total. The number of fused-ring (bicyclic) bond motifs is 3. The summed E-state index contributed by atoms with van der Waals surface area (Å²) in [6.07, 6.45) is 0. The molecule has 0 aliphatic rings. The highest BCUT2D eigenvalue weighted by Gasteiger charge is 2.17. The first-order valence-corrected chi connectivity index (χ1v) is 10.9. The van der Waals surface area contributed by atoms with E-state index in [0.717, 1.165) is 27.6 Å². The van der Waals surface area contributed by atoms with Gasteiger partial charge in [-0.05, 0) is 42.5 Å². The molecule has 3 aromatic heterocycles. The fourth-order valence-electron chi connectivity index (χ4n) is 4.69. The van der Waals surface area contributed by atoms with Gasteiger partial charge in [-0.15, -0.1) is 11.3 Å². The third-order valence-electron chi connectivity index (χ3n) is 5.96. The van der Waals surface area contributed by atoms with Gasteiger partial charge in [-0.2, -0.15) is 0 Å². The van der Waals surface area contributed by atoms with E-state index in [2.05, 4.69) is 102 Å². The molecule has 0 N–H and O–H groups in total. The Kier molecular flexibility index (Phi) is 3.18. The highest BCUT2D eigenvalue weighted by atomic mass is 32.1. The van der Waals surface area contributed by atoms with Crippen LogP contribution in [0.3, 0.4) is 0 Å². The molecule has 0 unspecified atom stereocenters. The Labute approximate surface area is 176 Å². The van der Waals surface area contributed by atoms with Crippen LogP contribution in [-0.4, -0.2) is 9.55 Å². The van der Waals surface area contributed by atoms with Crippen LogP contribution in [-0.2, 0) is 0 Å². The van der Waals surface area contributed by atoms with Gasteiger partial charge in [0.1, 0.15) is 0 Å². The molecule has 0 aliphatic carbocycles. The Morgan fingerprint density at radius 1 is 0.633 bits per heavy atom. The van der Waals surface area contributed by atoms with E-state index in [1.54, 1.807) is 0 Å². The normalized spacial score (nSPS) is 12.0. The molecule has 0 saturated heterocycles. The Hall–Kier alpha value is -3.69. The number of pyridine rings is 1. The van der Waals surface area contributed by atoms with Crippen LogP contribution >= 0.6 is 11.3 Å². The van der Waals surface area contributed by atoms with Gasteiger partial charge in [0, 0.05) is 36.6 Å². The maximum absolute atomic E-state index is 5.19. The van der Waals surface area contributed by atoms with Gasteiger partial charge in [0.05, 0.1) is 22.1 Å². The Morgan fingerprint density at radius 2 is 1.40 bits per heavy atom. The Morgan fingerprint density at radius 3 is 2.30 bits per heavy atom. The van der Waals surface area contributed by atoms with Gasteiger partial charge in [-0.25, -0.2) is 4.98 Å². The summed E-state index contributed by atoms with van der Waals surface area (Å²) in [5.74, 6) is 0. The summed E-state index contributed by atoms with van der Waals surface area (Å²) in [6, 6.07) is 34.6. The summed E-state index contributed by atoms with van der Waals surface area (Å²) in [7, 11) is 0. The zero-order chi connectivity index (χ0) is 19.7. The van der Waals surface area contributed by atoms with Gasteiger partial charge < -0.3 is 4.57 Å². The molecule has 7 aromatic rings. The molecule has 140 valence electrons. The van der Waals surface area contributed by atoms with Crippen LogP contribution in [0.1, 0.15) is 0 Å². The monoisotopic (exact) mass is 400 g/mol. The van der Waals surface area contributed by atoms with E-state index in [0.29, 0.717) is 0 Å². The zero-order valence-corrected chi connectivity index (χ0v) is 16.9. The van der Waals surface area contributed by atoms with Crippen LogP contribution in [0.25, 0.3) is 58.7 Å². The molecule has 0 fully saturated rings. The number of hydrogen-bond acceptors (Lipinski definition) is 2. The van der Waals surface area contributed by atoms with Gasteiger partial charge in [0.15, 0.2) is 0 Å². The summed E-state index contributed by atoms with van der Waals surface area (Å²) < 4.78 is 5.00. The molecule has 7 rings (SSSR count). The minimum absolute atomic E-state index is 1.03. The minimum atomic E-state index is 1.03. The molecule has 3 heteroatoms. The molecular formula is C27H16N2S. The first-order valence-electron chi connectivity index (χ1n) is 10.1. The quantitative estimate of drug-likeness (QED) is 0.276. The number of nitrogens with zero attached hydrogens (tertiary/aromatic N) is 2. The molecule has 0 spiro atoms. The number of hydrogen-bond donors (Lipinski definition) is 0. The van der Waals surface area contributed by atoms with Crippen LogP contribution in [0.5, 0.6) is 0 Å². The van der Waals surface area contributed by atoms with Crippen molar-refractivity contribution in [1.82, 2.24) is 9.55 Å². The number of rotatable bonds is 1. The molecule has 3 heterocycles. The van der Waals surface area contributed by atoms with E-state index in [-0.39, 0.29) is 0 Å². The van der Waals surface area contributed by atoms with Crippen molar-refractivity contribution < 1.29 is 0 Å². The standard InChI is InChI=1S/C27H16N2S/c1-2-9-18(10-3-1)29-21-13-7-15-24-26(21)25-19(11-6-14-23(25)30-24)27-22(29)16-17-8-4-5-12-20(17)28-27/h1-16H. The van der Waals surface area contributed by atoms with Crippen molar-refractivity contribution in [1.29, 1.82) is 0 Å². The fourth-order valence-corrected chi connectivity index (χ4v) is 5.84. The topological polar surface area (TPSA) is 17.8 Å². The first-order chi connectivity index (χ1) is 14.9. The summed E-state index contributed by atoms with van der Waals surface area (Å²) in [4.78, 5) is 5.19. The molecule has 0 radical (unpaired) electrons. The van der Waals surface area contributed by atoms with Crippen molar-refractivity contribution in [2.45, 2.75) is 0 Å². The lowest BCUT2D eigenvalue weighted by molar-refractivity contribution is 1.17. The predicted molar refractivity (Wildman–Crippen MR) is 129 cm³/mol. The van der Waals surface area contributed by atoms with Gasteiger partial charge in [0.2, 0.25) is 0 Å². The molecule has 0 aliphatic heterocycles. The highest BCUT2D eigenvalue weighted by Crippen LogP contribution is 2.42. The minimum Gasteiger partial charge on any atom is -0.308 e. The van der Waals surface area contributed by atoms with Crippen molar-refractivity contribution in [3.8, 4) is 5.69 Å². The fraction of sp³-hybridized carbons (Fsp3) is 0. The average molecular weight is 401 g/mol. The smallest absolute Gasteiger partial charge is 0.0956 e. The van der Waals surface area contributed by atoms with Gasteiger partial charge in [-0.3, -0.25) is 0 Å². The van der Waals surface area contributed by atoms with E-state index in [1.807, 2.05) is 11.3 Å². The predicted octanol–water partition coefficient (Wildman–Crippen LogP) is 7.70. The van der Waals surface area contributed by atoms with E-state index in [9.17, 15) is 0 Å². The third kappa shape index (κ3) is 2.10. The van der Waals surface area contributed by atoms with E-state index in [1.165, 1.54) is 31.1 Å². The molecule has 0 bridgehead atoms. The second kappa shape index (κ2) is 5.91. The summed E-state index contributed by atoms with van der Waals surface area (Å²) in [6.45, 7) is 0. The molecule has 0 amide bonds. The third-order valence-corrected chi connectivity index (χ3v) is 7.08. The summed E-state index contributed by atoms with van der Waals surface area (Å²) >= 11 is 1.86. The van der Waals surface area contributed by atoms with Crippen molar-refractivity contribution in [3.63, 3.8) is 0 Å². The lowest BCUT2D eigenvalue weighted by Gasteiger charge is -2.12. The second-order valence-electron chi connectivity index (χ2n) is 7.65. The maximum Gasteiger partial charge on any atom is 0.0956 e. The molecular weight excluding hydrogens is 384 g/mol. The maximum atomic E-state index is 5.19. The van der Waals surface area contributed by atoms with Crippen LogP contribution in [0.15, 0.2) is 97.1 Å². The molecule has 4 aromatic carbocycles. The lowest BCUT2D eigenvalue weighted by atomic mass is 10.1. The number of benzene rings is 4. The number of aromatic nitrogens is 2. The van der Waals surface area contributed by atoms with Crippen molar-refractivity contribution in [2.24, 2.45) is 0 Å². The summed E-state index contributed by atoms with van der Waals surface area (Å²) in [5, 5.41) is 5.00. The second-order valence-corrected chi connectivity index (χ2v) is 8.73. The molecule has 0 saturated carbocycles. The molecule has 0 atom stereocenters. The van der Waals surface area contributed by atoms with Crippen LogP contribution in [0.2, 0.25) is 0 Å². The van der Waals surface area contributed by atoms with Crippen molar-refractivity contribution in [3.05, 3.63) is 97.1 Å². The van der Waals surface area contributed by atoms with Gasteiger partial charge in [-0.1, -0.05) is 54.6 Å². The highest BCUT2D eigenvalue weighted by molar-refractivity contribution is 7.26. The van der Waals surface area contributed by atoms with Crippen molar-refractivity contribution >= 4 is 64.3 Å². The van der Waals surface area contributed by atoms with Crippen LogP contribution < -0.4 is 0 Å². The average Bonchev–Trinajstić information content (AvgIpc) is 3.13. The van der Waals surface area contributed by atoms with Crippen molar-refractivity contribution in [2.75, 3.05) is 0 Å². The Balaban J connectivity index is 1.90. The SMILES string of the molecule is c1ccc(-n2c3cc4ccccc4nc3c3cccc4sc5cccc2c5c43)cc1. The van der Waals surface area contributed by atoms with Gasteiger partial charge >= 0.3 is 0 Å². The van der Waals surface area contributed by atoms with E-state index >= 15 is 0 Å². The van der Waals surface area contributed by atoms with Crippen LogP contribution in [0.4, 0.5) is 0 Å². The number of thiophene rings is 1. The van der Waals surface area contributed by atoms with Gasteiger partial charge in [0.25, 0.3) is 0 Å². The largest absolute Gasteiger partial charge is 0.308 e. The van der Waals surface area contributed by atoms with E-state index in [4.69, 9.17) is 4.98 Å².